The monoisotopic (exact) mass is 464 g/mol. The molecule has 0 amide bonds. The molecule has 0 saturated heterocycles. The van der Waals surface area contributed by atoms with Crippen molar-refractivity contribution in [1.29, 1.82) is 0 Å². The fourth-order valence-corrected chi connectivity index (χ4v) is 4.63. The lowest BCUT2D eigenvalue weighted by Gasteiger charge is -2.12. The van der Waals surface area contributed by atoms with Crippen molar-refractivity contribution in [2.45, 2.75) is 0 Å². The van der Waals surface area contributed by atoms with E-state index in [9.17, 15) is 0 Å². The molecular weight excluding hydrogens is 444 g/mol. The van der Waals surface area contributed by atoms with Crippen LogP contribution in [0.25, 0.3) is 56.2 Å². The zero-order valence-electron chi connectivity index (χ0n) is 19.2. The van der Waals surface area contributed by atoms with Crippen LogP contribution in [0.4, 0.5) is 0 Å². The van der Waals surface area contributed by atoms with Crippen molar-refractivity contribution >= 4 is 22.1 Å². The Labute approximate surface area is 207 Å². The van der Waals surface area contributed by atoms with Gasteiger partial charge < -0.3 is 0 Å². The Balaban J connectivity index is 1.33. The smallest absolute Gasteiger partial charge is 0.139 e. The Morgan fingerprint density at radius 3 is 1.36 bits per heavy atom. The highest BCUT2D eigenvalue weighted by molar-refractivity contribution is 5.82. The Kier molecular flexibility index (Phi) is 4.67. The van der Waals surface area contributed by atoms with E-state index in [4.69, 9.17) is 9.97 Å². The van der Waals surface area contributed by atoms with Gasteiger partial charge in [-0.1, -0.05) is 60.7 Å². The molecule has 0 spiro atoms. The number of para-hydroxylation sites is 4. The first-order valence-corrected chi connectivity index (χ1v) is 11.7. The first-order chi connectivity index (χ1) is 17.8. The summed E-state index contributed by atoms with van der Waals surface area (Å²) in [6, 6.07) is 36.5. The zero-order chi connectivity index (χ0) is 23.9. The lowest BCUT2D eigenvalue weighted by molar-refractivity contribution is 1.02. The van der Waals surface area contributed by atoms with E-state index in [1.807, 2.05) is 107 Å². The molecule has 7 rings (SSSR count). The second-order valence-corrected chi connectivity index (χ2v) is 8.51. The summed E-state index contributed by atoms with van der Waals surface area (Å²) in [7, 11) is 0. The van der Waals surface area contributed by atoms with Gasteiger partial charge in [-0.2, -0.15) is 0 Å². The molecule has 0 aliphatic heterocycles. The summed E-state index contributed by atoms with van der Waals surface area (Å²) in [6.07, 6.45) is 3.65. The third-order valence-corrected chi connectivity index (χ3v) is 6.35. The van der Waals surface area contributed by atoms with Crippen LogP contribution in [-0.2, 0) is 0 Å². The van der Waals surface area contributed by atoms with E-state index in [1.165, 1.54) is 0 Å². The second kappa shape index (κ2) is 8.29. The number of fused-ring (bicyclic) bond motifs is 2. The maximum Gasteiger partial charge on any atom is 0.139 e. The van der Waals surface area contributed by atoms with Gasteiger partial charge in [-0.15, -0.1) is 0 Å². The van der Waals surface area contributed by atoms with Crippen LogP contribution in [0.3, 0.4) is 0 Å². The van der Waals surface area contributed by atoms with E-state index in [1.54, 1.807) is 0 Å². The molecule has 36 heavy (non-hydrogen) atoms. The molecule has 0 bridgehead atoms. The van der Waals surface area contributed by atoms with Gasteiger partial charge in [0.15, 0.2) is 0 Å². The SMILES string of the molecule is c1cc(-c2ccccc2-c2cccc(-n3cnc4ccccc43)n2)nc(-n2cnc3ccccc32)c1. The topological polar surface area (TPSA) is 61.4 Å². The molecule has 6 heteroatoms. The highest BCUT2D eigenvalue weighted by Gasteiger charge is 2.13. The standard InChI is InChI=1S/C30H20N6/c1-2-10-22(24-14-8-18-30(34-24)36-20-32-26-12-4-6-16-28(26)36)21(9-1)23-13-7-17-29(33-23)35-19-31-25-11-3-5-15-27(25)35/h1-20H. The van der Waals surface area contributed by atoms with Crippen LogP contribution in [0.5, 0.6) is 0 Å². The quantitative estimate of drug-likeness (QED) is 0.299. The van der Waals surface area contributed by atoms with Gasteiger partial charge in [-0.3, -0.25) is 9.13 Å². The van der Waals surface area contributed by atoms with Crippen molar-refractivity contribution in [3.63, 3.8) is 0 Å². The third kappa shape index (κ3) is 3.35. The number of nitrogens with zero attached hydrogens (tertiary/aromatic N) is 6. The molecule has 0 unspecified atom stereocenters. The molecule has 0 radical (unpaired) electrons. The highest BCUT2D eigenvalue weighted by Crippen LogP contribution is 2.31. The largest absolute Gasteiger partial charge is 0.283 e. The van der Waals surface area contributed by atoms with Gasteiger partial charge in [0.05, 0.1) is 33.5 Å². The summed E-state index contributed by atoms with van der Waals surface area (Å²) < 4.78 is 4.04. The van der Waals surface area contributed by atoms with Gasteiger partial charge >= 0.3 is 0 Å². The summed E-state index contributed by atoms with van der Waals surface area (Å²) in [4.78, 5) is 19.1. The van der Waals surface area contributed by atoms with Crippen molar-refractivity contribution < 1.29 is 0 Å². The molecule has 0 aliphatic rings. The maximum absolute atomic E-state index is 5.01. The van der Waals surface area contributed by atoms with Crippen LogP contribution in [0, 0.1) is 0 Å². The number of hydrogen-bond acceptors (Lipinski definition) is 4. The van der Waals surface area contributed by atoms with E-state index in [-0.39, 0.29) is 0 Å². The van der Waals surface area contributed by atoms with Crippen molar-refractivity contribution in [3.8, 4) is 34.2 Å². The molecule has 0 saturated carbocycles. The Bertz CT molecular complexity index is 1730. The Morgan fingerprint density at radius 2 is 0.861 bits per heavy atom. The third-order valence-electron chi connectivity index (χ3n) is 6.35. The van der Waals surface area contributed by atoms with E-state index in [0.29, 0.717) is 0 Å². The minimum atomic E-state index is 0.822. The van der Waals surface area contributed by atoms with Crippen molar-refractivity contribution in [1.82, 2.24) is 29.1 Å². The molecule has 0 aliphatic carbocycles. The second-order valence-electron chi connectivity index (χ2n) is 8.51. The normalized spacial score (nSPS) is 11.3. The molecule has 4 heterocycles. The molecule has 6 nitrogen and oxygen atoms in total. The first kappa shape index (κ1) is 20.3. The minimum absolute atomic E-state index is 0.822. The van der Waals surface area contributed by atoms with E-state index in [0.717, 1.165) is 56.2 Å². The summed E-state index contributed by atoms with van der Waals surface area (Å²) >= 11 is 0. The van der Waals surface area contributed by atoms with Gasteiger partial charge in [-0.05, 0) is 48.5 Å². The summed E-state index contributed by atoms with van der Waals surface area (Å²) in [5.41, 5.74) is 7.72. The van der Waals surface area contributed by atoms with Crippen LogP contribution < -0.4 is 0 Å². The molecular formula is C30H20N6. The summed E-state index contributed by atoms with van der Waals surface area (Å²) in [6.45, 7) is 0. The molecule has 170 valence electrons. The maximum atomic E-state index is 5.01. The van der Waals surface area contributed by atoms with Gasteiger partial charge in [-0.25, -0.2) is 19.9 Å². The number of pyridine rings is 2. The molecule has 4 aromatic heterocycles. The molecule has 0 N–H and O–H groups in total. The lowest BCUT2D eigenvalue weighted by Crippen LogP contribution is -1.99. The van der Waals surface area contributed by atoms with E-state index >= 15 is 0 Å². The van der Waals surface area contributed by atoms with Crippen molar-refractivity contribution in [2.24, 2.45) is 0 Å². The Hall–Kier alpha value is -5.10. The molecule has 0 atom stereocenters. The van der Waals surface area contributed by atoms with E-state index < -0.39 is 0 Å². The van der Waals surface area contributed by atoms with Gasteiger partial charge in [0.1, 0.15) is 24.3 Å². The molecule has 0 fully saturated rings. The van der Waals surface area contributed by atoms with Crippen LogP contribution in [0.1, 0.15) is 0 Å². The fraction of sp³-hybridized carbons (Fsp3) is 0. The van der Waals surface area contributed by atoms with Crippen molar-refractivity contribution in [3.05, 3.63) is 122 Å². The number of benzene rings is 3. The van der Waals surface area contributed by atoms with Gasteiger partial charge in [0, 0.05) is 11.1 Å². The summed E-state index contributed by atoms with van der Waals surface area (Å²) in [5, 5.41) is 0. The van der Waals surface area contributed by atoms with E-state index in [2.05, 4.69) is 34.2 Å². The predicted molar refractivity (Wildman–Crippen MR) is 142 cm³/mol. The highest BCUT2D eigenvalue weighted by atomic mass is 15.1. The first-order valence-electron chi connectivity index (χ1n) is 11.7. The number of aromatic nitrogens is 6. The van der Waals surface area contributed by atoms with Crippen molar-refractivity contribution in [2.75, 3.05) is 0 Å². The number of rotatable bonds is 4. The molecule has 7 aromatic rings. The molecule has 3 aromatic carbocycles. The van der Waals surface area contributed by atoms with Crippen LogP contribution in [0.2, 0.25) is 0 Å². The minimum Gasteiger partial charge on any atom is -0.283 e. The Morgan fingerprint density at radius 1 is 0.417 bits per heavy atom. The average Bonchev–Trinajstić information content (AvgIpc) is 3.58. The number of hydrogen-bond donors (Lipinski definition) is 0. The average molecular weight is 465 g/mol. The zero-order valence-corrected chi connectivity index (χ0v) is 19.2. The summed E-state index contributed by atoms with van der Waals surface area (Å²) in [5.74, 6) is 1.64. The lowest BCUT2D eigenvalue weighted by atomic mass is 10.0. The van der Waals surface area contributed by atoms with Gasteiger partial charge in [0.2, 0.25) is 0 Å². The predicted octanol–water partition coefficient (Wildman–Crippen LogP) is 6.49. The van der Waals surface area contributed by atoms with Crippen LogP contribution >= 0.6 is 0 Å². The van der Waals surface area contributed by atoms with Gasteiger partial charge in [0.25, 0.3) is 0 Å². The van der Waals surface area contributed by atoms with Crippen LogP contribution in [-0.4, -0.2) is 29.1 Å². The number of imidazole rings is 2. The fourth-order valence-electron chi connectivity index (χ4n) is 4.63. The van der Waals surface area contributed by atoms with Crippen LogP contribution in [0.15, 0.2) is 122 Å².